The van der Waals surface area contributed by atoms with Gasteiger partial charge in [-0.05, 0) is 31.9 Å². The van der Waals surface area contributed by atoms with Gasteiger partial charge in [-0.3, -0.25) is 4.79 Å². The molecule has 2 rings (SSSR count). The average molecular weight is 290 g/mol. The predicted octanol–water partition coefficient (Wildman–Crippen LogP) is 2.05. The van der Waals surface area contributed by atoms with Crippen LogP contribution in [0.25, 0.3) is 0 Å². The lowest BCUT2D eigenvalue weighted by atomic mass is 9.92. The molecule has 0 radical (unpaired) electrons. The molecule has 0 bridgehead atoms. The molecule has 1 amide bonds. The molecule has 21 heavy (non-hydrogen) atoms. The highest BCUT2D eigenvalue weighted by atomic mass is 16.5. The smallest absolute Gasteiger partial charge is 0.226 e. The molecule has 4 nitrogen and oxygen atoms in total. The van der Waals surface area contributed by atoms with Crippen LogP contribution in [-0.4, -0.2) is 43.7 Å². The maximum atomic E-state index is 12.8. The standard InChI is InChI=1S/C17H26N2O2/c1-14-12-16(8-9-18-14)17(20)19(10-11-21-2)13-15-6-4-3-5-7-15/h3-7,14,16,18H,8-13H2,1-2H3/t14-,16-/m0/s1. The molecule has 0 spiro atoms. The van der Waals surface area contributed by atoms with Crippen molar-refractivity contribution in [1.29, 1.82) is 0 Å². The molecular formula is C17H26N2O2. The van der Waals surface area contributed by atoms with Crippen molar-refractivity contribution in [2.75, 3.05) is 26.8 Å². The van der Waals surface area contributed by atoms with Crippen LogP contribution < -0.4 is 5.32 Å². The van der Waals surface area contributed by atoms with E-state index in [-0.39, 0.29) is 11.8 Å². The lowest BCUT2D eigenvalue weighted by molar-refractivity contribution is -0.138. The predicted molar refractivity (Wildman–Crippen MR) is 83.9 cm³/mol. The van der Waals surface area contributed by atoms with Crippen LogP contribution in [-0.2, 0) is 16.1 Å². The maximum Gasteiger partial charge on any atom is 0.226 e. The van der Waals surface area contributed by atoms with E-state index in [9.17, 15) is 4.79 Å². The first-order valence-electron chi connectivity index (χ1n) is 7.75. The summed E-state index contributed by atoms with van der Waals surface area (Å²) in [5.41, 5.74) is 1.17. The molecule has 1 saturated heterocycles. The molecule has 1 aliphatic rings. The first kappa shape index (κ1) is 16.0. The number of rotatable bonds is 6. The molecule has 2 atom stereocenters. The number of methoxy groups -OCH3 is 1. The number of amides is 1. The Morgan fingerprint density at radius 3 is 2.81 bits per heavy atom. The van der Waals surface area contributed by atoms with Crippen molar-refractivity contribution in [3.05, 3.63) is 35.9 Å². The van der Waals surface area contributed by atoms with Gasteiger partial charge in [-0.1, -0.05) is 30.3 Å². The Morgan fingerprint density at radius 1 is 1.38 bits per heavy atom. The van der Waals surface area contributed by atoms with E-state index >= 15 is 0 Å². The summed E-state index contributed by atoms with van der Waals surface area (Å²) >= 11 is 0. The molecule has 116 valence electrons. The topological polar surface area (TPSA) is 41.6 Å². The van der Waals surface area contributed by atoms with Gasteiger partial charge in [-0.2, -0.15) is 0 Å². The van der Waals surface area contributed by atoms with Gasteiger partial charge in [0, 0.05) is 32.2 Å². The summed E-state index contributed by atoms with van der Waals surface area (Å²) in [6, 6.07) is 10.6. The van der Waals surface area contributed by atoms with Gasteiger partial charge in [0.1, 0.15) is 0 Å². The molecule has 0 unspecified atom stereocenters. The molecule has 0 aromatic heterocycles. The van der Waals surface area contributed by atoms with Crippen molar-refractivity contribution in [2.45, 2.75) is 32.4 Å². The van der Waals surface area contributed by atoms with Gasteiger partial charge >= 0.3 is 0 Å². The zero-order valence-electron chi connectivity index (χ0n) is 13.0. The van der Waals surface area contributed by atoms with Gasteiger partial charge in [0.05, 0.1) is 6.61 Å². The zero-order valence-corrected chi connectivity index (χ0v) is 13.0. The normalized spacial score (nSPS) is 22.0. The van der Waals surface area contributed by atoms with Crippen LogP contribution in [0.1, 0.15) is 25.3 Å². The summed E-state index contributed by atoms with van der Waals surface area (Å²) in [4.78, 5) is 14.7. The number of ether oxygens (including phenoxy) is 1. The number of nitrogens with one attached hydrogen (secondary N) is 1. The lowest BCUT2D eigenvalue weighted by Gasteiger charge is -2.32. The van der Waals surface area contributed by atoms with Crippen molar-refractivity contribution < 1.29 is 9.53 Å². The van der Waals surface area contributed by atoms with Crippen LogP contribution in [0.3, 0.4) is 0 Å². The Labute approximate surface area is 127 Å². The van der Waals surface area contributed by atoms with Crippen LogP contribution >= 0.6 is 0 Å². The highest BCUT2D eigenvalue weighted by Gasteiger charge is 2.28. The molecule has 0 saturated carbocycles. The molecule has 1 heterocycles. The largest absolute Gasteiger partial charge is 0.383 e. The minimum atomic E-state index is 0.141. The van der Waals surface area contributed by atoms with E-state index in [0.29, 0.717) is 25.7 Å². The number of nitrogens with zero attached hydrogens (tertiary/aromatic N) is 1. The van der Waals surface area contributed by atoms with Crippen molar-refractivity contribution in [3.63, 3.8) is 0 Å². The fourth-order valence-electron chi connectivity index (χ4n) is 2.89. The summed E-state index contributed by atoms with van der Waals surface area (Å²) in [5, 5.41) is 3.40. The Balaban J connectivity index is 2.02. The van der Waals surface area contributed by atoms with Crippen LogP contribution in [0, 0.1) is 5.92 Å². The van der Waals surface area contributed by atoms with E-state index in [0.717, 1.165) is 19.4 Å². The molecule has 0 aliphatic carbocycles. The third-order valence-corrected chi connectivity index (χ3v) is 4.07. The van der Waals surface area contributed by atoms with E-state index in [2.05, 4.69) is 24.4 Å². The second-order valence-electron chi connectivity index (χ2n) is 5.81. The minimum Gasteiger partial charge on any atom is -0.383 e. The van der Waals surface area contributed by atoms with Gasteiger partial charge in [-0.15, -0.1) is 0 Å². The SMILES string of the molecule is COCCN(Cc1ccccc1)C(=O)[C@H]1CCN[C@@H](C)C1. The van der Waals surface area contributed by atoms with Crippen molar-refractivity contribution in [2.24, 2.45) is 5.92 Å². The summed E-state index contributed by atoms with van der Waals surface area (Å²) in [5.74, 6) is 0.408. The quantitative estimate of drug-likeness (QED) is 0.872. The Hall–Kier alpha value is -1.39. The maximum absolute atomic E-state index is 12.8. The number of hydrogen-bond donors (Lipinski definition) is 1. The van der Waals surface area contributed by atoms with Gasteiger partial charge in [0.2, 0.25) is 5.91 Å². The molecule has 1 fully saturated rings. The molecule has 1 aromatic rings. The number of piperidine rings is 1. The number of hydrogen-bond acceptors (Lipinski definition) is 3. The fourth-order valence-corrected chi connectivity index (χ4v) is 2.89. The number of benzene rings is 1. The van der Waals surface area contributed by atoms with Gasteiger partial charge < -0.3 is 15.0 Å². The Bertz CT molecular complexity index is 436. The second kappa shape index (κ2) is 8.15. The van der Waals surface area contributed by atoms with Crippen LogP contribution in [0.5, 0.6) is 0 Å². The highest BCUT2D eigenvalue weighted by molar-refractivity contribution is 5.79. The Morgan fingerprint density at radius 2 is 2.14 bits per heavy atom. The van der Waals surface area contributed by atoms with Gasteiger partial charge in [-0.25, -0.2) is 0 Å². The van der Waals surface area contributed by atoms with E-state index < -0.39 is 0 Å². The first-order valence-corrected chi connectivity index (χ1v) is 7.75. The van der Waals surface area contributed by atoms with Crippen LogP contribution in [0.4, 0.5) is 0 Å². The molecule has 1 aromatic carbocycles. The second-order valence-corrected chi connectivity index (χ2v) is 5.81. The highest BCUT2D eigenvalue weighted by Crippen LogP contribution is 2.20. The van der Waals surface area contributed by atoms with E-state index in [1.165, 1.54) is 5.56 Å². The molecule has 4 heteroatoms. The van der Waals surface area contributed by atoms with Crippen molar-refractivity contribution in [3.8, 4) is 0 Å². The molecular weight excluding hydrogens is 264 g/mol. The van der Waals surface area contributed by atoms with E-state index in [1.54, 1.807) is 7.11 Å². The van der Waals surface area contributed by atoms with Crippen molar-refractivity contribution in [1.82, 2.24) is 10.2 Å². The van der Waals surface area contributed by atoms with Crippen LogP contribution in [0.2, 0.25) is 0 Å². The summed E-state index contributed by atoms with van der Waals surface area (Å²) in [7, 11) is 1.68. The zero-order chi connectivity index (χ0) is 15.1. The lowest BCUT2D eigenvalue weighted by Crippen LogP contribution is -2.44. The average Bonchev–Trinajstić information content (AvgIpc) is 2.51. The van der Waals surface area contributed by atoms with Crippen molar-refractivity contribution >= 4 is 5.91 Å². The minimum absolute atomic E-state index is 0.141. The molecule has 1 N–H and O–H groups in total. The number of carbonyl (C=O) groups excluding carboxylic acids is 1. The third-order valence-electron chi connectivity index (χ3n) is 4.07. The Kier molecular flexibility index (Phi) is 6.21. The summed E-state index contributed by atoms with van der Waals surface area (Å²) in [6.07, 6.45) is 1.86. The first-order chi connectivity index (χ1) is 10.2. The van der Waals surface area contributed by atoms with E-state index in [4.69, 9.17) is 4.74 Å². The monoisotopic (exact) mass is 290 g/mol. The summed E-state index contributed by atoms with van der Waals surface area (Å²) in [6.45, 7) is 4.99. The van der Waals surface area contributed by atoms with E-state index in [1.807, 2.05) is 23.1 Å². The summed E-state index contributed by atoms with van der Waals surface area (Å²) < 4.78 is 5.16. The number of carbonyl (C=O) groups is 1. The molecule has 1 aliphatic heterocycles. The third kappa shape index (κ3) is 4.83. The van der Waals surface area contributed by atoms with Gasteiger partial charge in [0.25, 0.3) is 0 Å². The van der Waals surface area contributed by atoms with Crippen LogP contribution in [0.15, 0.2) is 30.3 Å². The fraction of sp³-hybridized carbons (Fsp3) is 0.588. The van der Waals surface area contributed by atoms with Gasteiger partial charge in [0.15, 0.2) is 0 Å².